The number of nitrogens with two attached hydrogens (primary N) is 1. The highest BCUT2D eigenvalue weighted by Gasteiger charge is 2.31. The van der Waals surface area contributed by atoms with Gasteiger partial charge in [0.25, 0.3) is 0 Å². The van der Waals surface area contributed by atoms with Gasteiger partial charge in [0.2, 0.25) is 0 Å². The first kappa shape index (κ1) is 13.5. The minimum Gasteiger partial charge on any atom is -0.321 e. The van der Waals surface area contributed by atoms with Crippen LogP contribution in [0, 0.1) is 0 Å². The second kappa shape index (κ2) is 5.39. The molecule has 1 aromatic carbocycles. The number of benzene rings is 1. The van der Waals surface area contributed by atoms with Crippen molar-refractivity contribution in [3.05, 3.63) is 35.4 Å². The molecule has 0 aliphatic carbocycles. The van der Waals surface area contributed by atoms with Crippen LogP contribution in [0.15, 0.2) is 24.3 Å². The predicted octanol–water partition coefficient (Wildman–Crippen LogP) is 1.63. The zero-order valence-corrected chi connectivity index (χ0v) is 11.8. The fourth-order valence-corrected chi connectivity index (χ4v) is 2.65. The zero-order valence-electron chi connectivity index (χ0n) is 11.8. The van der Waals surface area contributed by atoms with Gasteiger partial charge in [0.1, 0.15) is 0 Å². The molecule has 18 heavy (non-hydrogen) atoms. The molecule has 1 aliphatic rings. The quantitative estimate of drug-likeness (QED) is 0.881. The average Bonchev–Trinajstić information content (AvgIpc) is 2.33. The molecule has 0 unspecified atom stereocenters. The Bertz CT molecular complexity index is 392. The lowest BCUT2D eigenvalue weighted by atomic mass is 9.81. The first-order valence-corrected chi connectivity index (χ1v) is 6.71. The summed E-state index contributed by atoms with van der Waals surface area (Å²) in [5.74, 6) is 0. The van der Waals surface area contributed by atoms with Crippen molar-refractivity contribution >= 4 is 0 Å². The molecule has 1 aliphatic heterocycles. The third-order valence-electron chi connectivity index (χ3n) is 3.88. The van der Waals surface area contributed by atoms with Gasteiger partial charge in [-0.25, -0.2) is 0 Å². The van der Waals surface area contributed by atoms with Gasteiger partial charge in [0.15, 0.2) is 0 Å². The molecule has 0 aromatic heterocycles. The predicted molar refractivity (Wildman–Crippen MR) is 76.4 cm³/mol. The summed E-state index contributed by atoms with van der Waals surface area (Å²) in [6.45, 7) is 3.16. The number of nitrogens with zero attached hydrogens (tertiary/aromatic N) is 2. The van der Waals surface area contributed by atoms with E-state index in [4.69, 9.17) is 5.73 Å². The molecule has 0 spiro atoms. The molecule has 0 atom stereocenters. The van der Waals surface area contributed by atoms with Crippen LogP contribution in [-0.2, 0) is 12.1 Å². The zero-order chi connectivity index (χ0) is 13.2. The lowest BCUT2D eigenvalue weighted by molar-refractivity contribution is 0.191. The Morgan fingerprint density at radius 2 is 1.94 bits per heavy atom. The van der Waals surface area contributed by atoms with Crippen LogP contribution in [0.4, 0.5) is 0 Å². The highest BCUT2D eigenvalue weighted by molar-refractivity contribution is 5.30. The van der Waals surface area contributed by atoms with Crippen LogP contribution in [-0.4, -0.2) is 44.0 Å². The monoisotopic (exact) mass is 247 g/mol. The Hall–Kier alpha value is -0.900. The number of hydrogen-bond acceptors (Lipinski definition) is 3. The Morgan fingerprint density at radius 3 is 2.56 bits per heavy atom. The third-order valence-corrected chi connectivity index (χ3v) is 3.88. The van der Waals surface area contributed by atoms with Crippen LogP contribution in [0.3, 0.4) is 0 Å². The molecule has 0 bridgehead atoms. The Balaban J connectivity index is 2.17. The van der Waals surface area contributed by atoms with Crippen LogP contribution in [0.2, 0.25) is 0 Å². The smallest absolute Gasteiger partial charge is 0.0434 e. The Morgan fingerprint density at radius 1 is 1.28 bits per heavy atom. The molecule has 1 fully saturated rings. The van der Waals surface area contributed by atoms with Gasteiger partial charge < -0.3 is 15.5 Å². The summed E-state index contributed by atoms with van der Waals surface area (Å²) in [6, 6.07) is 8.79. The van der Waals surface area contributed by atoms with Gasteiger partial charge in [-0.05, 0) is 58.2 Å². The first-order chi connectivity index (χ1) is 8.49. The molecule has 0 amide bonds. The molecule has 1 saturated heterocycles. The maximum Gasteiger partial charge on any atom is 0.0434 e. The SMILES string of the molecule is CN(C)Cc1cccc(C2(N)CCN(C)CC2)c1. The van der Waals surface area contributed by atoms with E-state index >= 15 is 0 Å². The summed E-state index contributed by atoms with van der Waals surface area (Å²) in [5, 5.41) is 0. The molecule has 3 nitrogen and oxygen atoms in total. The topological polar surface area (TPSA) is 32.5 Å². The summed E-state index contributed by atoms with van der Waals surface area (Å²) >= 11 is 0. The van der Waals surface area contributed by atoms with Crippen molar-refractivity contribution in [1.82, 2.24) is 9.80 Å². The molecular weight excluding hydrogens is 222 g/mol. The van der Waals surface area contributed by atoms with Crippen molar-refractivity contribution < 1.29 is 0 Å². The minimum absolute atomic E-state index is 0.130. The van der Waals surface area contributed by atoms with Gasteiger partial charge in [0.05, 0.1) is 0 Å². The lowest BCUT2D eigenvalue weighted by Gasteiger charge is -2.38. The first-order valence-electron chi connectivity index (χ1n) is 6.71. The van der Waals surface area contributed by atoms with Crippen molar-refractivity contribution in [3.63, 3.8) is 0 Å². The maximum absolute atomic E-state index is 6.60. The van der Waals surface area contributed by atoms with Gasteiger partial charge in [-0.3, -0.25) is 0 Å². The standard InChI is InChI=1S/C15H25N3/c1-17(2)12-13-5-4-6-14(11-13)15(16)7-9-18(3)10-8-15/h4-6,11H,7-10,12,16H2,1-3H3. The Labute approximate surface area is 111 Å². The van der Waals surface area contributed by atoms with E-state index in [1.807, 2.05) is 0 Å². The maximum atomic E-state index is 6.60. The highest BCUT2D eigenvalue weighted by Crippen LogP contribution is 2.30. The van der Waals surface area contributed by atoms with Crippen LogP contribution in [0.25, 0.3) is 0 Å². The van der Waals surface area contributed by atoms with Gasteiger partial charge in [-0.2, -0.15) is 0 Å². The summed E-state index contributed by atoms with van der Waals surface area (Å²) in [4.78, 5) is 4.55. The van der Waals surface area contributed by atoms with E-state index < -0.39 is 0 Å². The van der Waals surface area contributed by atoms with Crippen LogP contribution < -0.4 is 5.73 Å². The molecule has 3 heteroatoms. The molecule has 0 saturated carbocycles. The van der Waals surface area contributed by atoms with Crippen LogP contribution in [0.1, 0.15) is 24.0 Å². The second-order valence-electron chi connectivity index (χ2n) is 5.90. The Kier molecular flexibility index (Phi) is 4.05. The normalized spacial score (nSPS) is 20.3. The van der Waals surface area contributed by atoms with E-state index in [2.05, 4.69) is 55.2 Å². The van der Waals surface area contributed by atoms with Gasteiger partial charge in [-0.1, -0.05) is 24.3 Å². The largest absolute Gasteiger partial charge is 0.321 e. The van der Waals surface area contributed by atoms with E-state index in [9.17, 15) is 0 Å². The van der Waals surface area contributed by atoms with Crippen LogP contribution >= 0.6 is 0 Å². The summed E-state index contributed by atoms with van der Waals surface area (Å²) in [5.41, 5.74) is 9.12. The van der Waals surface area contributed by atoms with Crippen molar-refractivity contribution in [2.75, 3.05) is 34.2 Å². The fraction of sp³-hybridized carbons (Fsp3) is 0.600. The van der Waals surface area contributed by atoms with E-state index in [0.717, 1.165) is 32.5 Å². The van der Waals surface area contributed by atoms with E-state index in [0.29, 0.717) is 0 Å². The second-order valence-corrected chi connectivity index (χ2v) is 5.90. The van der Waals surface area contributed by atoms with Gasteiger partial charge in [0, 0.05) is 12.1 Å². The van der Waals surface area contributed by atoms with Crippen molar-refractivity contribution in [3.8, 4) is 0 Å². The fourth-order valence-electron chi connectivity index (χ4n) is 2.65. The molecular formula is C15H25N3. The lowest BCUT2D eigenvalue weighted by Crippen LogP contribution is -2.47. The van der Waals surface area contributed by atoms with Crippen LogP contribution in [0.5, 0.6) is 0 Å². The van der Waals surface area contributed by atoms with E-state index in [-0.39, 0.29) is 5.54 Å². The third kappa shape index (κ3) is 3.10. The molecule has 1 heterocycles. The number of hydrogen-bond donors (Lipinski definition) is 1. The molecule has 2 rings (SSSR count). The van der Waals surface area contributed by atoms with E-state index in [1.54, 1.807) is 0 Å². The highest BCUT2D eigenvalue weighted by atomic mass is 15.1. The minimum atomic E-state index is -0.130. The summed E-state index contributed by atoms with van der Waals surface area (Å²) < 4.78 is 0. The number of piperidine rings is 1. The van der Waals surface area contributed by atoms with Crippen molar-refractivity contribution in [1.29, 1.82) is 0 Å². The average molecular weight is 247 g/mol. The van der Waals surface area contributed by atoms with Gasteiger partial charge >= 0.3 is 0 Å². The molecule has 0 radical (unpaired) electrons. The summed E-state index contributed by atoms with van der Waals surface area (Å²) in [7, 11) is 6.36. The summed E-state index contributed by atoms with van der Waals surface area (Å²) in [6.07, 6.45) is 2.10. The van der Waals surface area contributed by atoms with Crippen molar-refractivity contribution in [2.24, 2.45) is 5.73 Å². The van der Waals surface area contributed by atoms with Crippen molar-refractivity contribution in [2.45, 2.75) is 24.9 Å². The van der Waals surface area contributed by atoms with Gasteiger partial charge in [-0.15, -0.1) is 0 Å². The van der Waals surface area contributed by atoms with E-state index in [1.165, 1.54) is 11.1 Å². The molecule has 2 N–H and O–H groups in total. The number of rotatable bonds is 3. The number of likely N-dealkylation sites (tertiary alicyclic amines) is 1. The molecule has 100 valence electrons. The molecule has 1 aromatic rings.